The maximum absolute atomic E-state index is 5.60. The first-order chi connectivity index (χ1) is 22.6. The summed E-state index contributed by atoms with van der Waals surface area (Å²) in [6, 6.07) is 48.1. The second-order valence-electron chi connectivity index (χ2n) is 12.9. The summed E-state index contributed by atoms with van der Waals surface area (Å²) >= 11 is 0. The summed E-state index contributed by atoms with van der Waals surface area (Å²) in [6.45, 7) is 4.70. The van der Waals surface area contributed by atoms with E-state index in [1.165, 1.54) is 55.0 Å². The Morgan fingerprint density at radius 3 is 2.17 bits per heavy atom. The van der Waals surface area contributed by atoms with Gasteiger partial charge in [-0.15, -0.1) is 0 Å². The van der Waals surface area contributed by atoms with Gasteiger partial charge >= 0.3 is 0 Å². The summed E-state index contributed by atoms with van der Waals surface area (Å²) in [5, 5.41) is 3.64. The fourth-order valence-corrected chi connectivity index (χ4v) is 8.12. The van der Waals surface area contributed by atoms with Gasteiger partial charge in [-0.25, -0.2) is 4.98 Å². The zero-order chi connectivity index (χ0) is 30.6. The van der Waals surface area contributed by atoms with Crippen molar-refractivity contribution >= 4 is 38.2 Å². The summed E-state index contributed by atoms with van der Waals surface area (Å²) < 4.78 is 6.92. The van der Waals surface area contributed by atoms with E-state index < -0.39 is 0 Å². The minimum Gasteiger partial charge on any atom is -0.316 e. The zero-order valence-electron chi connectivity index (χ0n) is 25.6. The van der Waals surface area contributed by atoms with Gasteiger partial charge in [0.15, 0.2) is 0 Å². The van der Waals surface area contributed by atoms with Crippen LogP contribution in [-0.4, -0.2) is 18.5 Å². The van der Waals surface area contributed by atoms with Gasteiger partial charge in [0.1, 0.15) is 0 Å². The molecule has 0 saturated heterocycles. The number of nitrogens with zero attached hydrogens (tertiary/aromatic N) is 4. The van der Waals surface area contributed by atoms with Crippen LogP contribution in [0.4, 0.5) is 0 Å². The largest absolute Gasteiger partial charge is 0.316 e. The van der Waals surface area contributed by atoms with Crippen molar-refractivity contribution in [2.24, 2.45) is 0 Å². The Morgan fingerprint density at radius 1 is 0.522 bits per heavy atom. The fraction of sp³-hybridized carbons (Fsp3) is 0.0714. The molecular formula is C42H30N4. The van der Waals surface area contributed by atoms with Crippen LogP contribution in [0.15, 0.2) is 146 Å². The number of para-hydroxylation sites is 2. The van der Waals surface area contributed by atoms with Crippen LogP contribution in [0, 0.1) is 0 Å². The molecule has 0 bridgehead atoms. The van der Waals surface area contributed by atoms with Crippen LogP contribution in [0.25, 0.3) is 72.2 Å². The molecule has 4 aromatic heterocycles. The summed E-state index contributed by atoms with van der Waals surface area (Å²) in [4.78, 5) is 5.60. The molecule has 0 radical (unpaired) electrons. The van der Waals surface area contributed by atoms with Crippen molar-refractivity contribution in [3.8, 4) is 34.0 Å². The van der Waals surface area contributed by atoms with E-state index in [1.807, 2.05) is 0 Å². The molecule has 1 aliphatic rings. The van der Waals surface area contributed by atoms with E-state index in [-0.39, 0.29) is 5.41 Å². The first-order valence-corrected chi connectivity index (χ1v) is 15.9. The number of rotatable bonds is 3. The maximum atomic E-state index is 5.60. The molecule has 5 aromatic carbocycles. The average Bonchev–Trinajstić information content (AvgIpc) is 3.84. The monoisotopic (exact) mass is 590 g/mol. The molecule has 0 unspecified atom stereocenters. The van der Waals surface area contributed by atoms with Crippen molar-refractivity contribution in [3.05, 3.63) is 157 Å². The van der Waals surface area contributed by atoms with Crippen molar-refractivity contribution in [2.45, 2.75) is 19.3 Å². The highest BCUT2D eigenvalue weighted by Gasteiger charge is 2.38. The number of benzene rings is 5. The summed E-state index contributed by atoms with van der Waals surface area (Å²) in [7, 11) is 0. The second kappa shape index (κ2) is 9.09. The summed E-state index contributed by atoms with van der Waals surface area (Å²) in [5.74, 6) is 0.891. The highest BCUT2D eigenvalue weighted by atomic mass is 15.2. The normalized spacial score (nSPS) is 13.6. The van der Waals surface area contributed by atoms with Crippen LogP contribution < -0.4 is 0 Å². The molecule has 0 aliphatic heterocycles. The molecule has 9 aromatic rings. The van der Waals surface area contributed by atoms with Crippen LogP contribution >= 0.6 is 0 Å². The smallest absolute Gasteiger partial charge is 0.220 e. The molecule has 0 N–H and O–H groups in total. The third kappa shape index (κ3) is 3.25. The van der Waals surface area contributed by atoms with Gasteiger partial charge in [-0.2, -0.15) is 0 Å². The van der Waals surface area contributed by atoms with Gasteiger partial charge in [0.25, 0.3) is 0 Å². The minimum absolute atomic E-state index is 0.146. The van der Waals surface area contributed by atoms with E-state index in [1.54, 1.807) is 0 Å². The van der Waals surface area contributed by atoms with Crippen molar-refractivity contribution in [1.82, 2.24) is 18.5 Å². The Bertz CT molecular complexity index is 2660. The summed E-state index contributed by atoms with van der Waals surface area (Å²) in [6.07, 6.45) is 4.34. The first kappa shape index (κ1) is 25.5. The number of aromatic nitrogens is 4. The molecule has 46 heavy (non-hydrogen) atoms. The standard InChI is InChI=1S/C42H30N4/c1-42(2)34-19-8-6-15-28(34)30-17-12-18-33(38(30)42)39-37-21-10-11-25-45(37)41(43-39)46-36-20-9-7-16-29(36)31-22-23-35-32(40(31)46)24-26-44(35)27-13-4-3-5-14-27/h3-26H,1-2H3. The molecule has 0 spiro atoms. The number of imidazole rings is 1. The minimum atomic E-state index is -0.146. The SMILES string of the molecule is CC1(C)c2ccccc2-c2cccc(-c3nc(-n4c5ccccc5c5ccc6c(ccn6-c6ccccc6)c54)n4ccccc34)c21. The quantitative estimate of drug-likeness (QED) is 0.201. The lowest BCUT2D eigenvalue weighted by Gasteiger charge is -2.23. The Morgan fingerprint density at radius 2 is 1.26 bits per heavy atom. The lowest BCUT2D eigenvalue weighted by Crippen LogP contribution is -2.16. The number of fused-ring (bicyclic) bond motifs is 9. The lowest BCUT2D eigenvalue weighted by atomic mass is 9.79. The zero-order valence-corrected chi connectivity index (χ0v) is 25.6. The number of hydrogen-bond acceptors (Lipinski definition) is 1. The van der Waals surface area contributed by atoms with Gasteiger partial charge < -0.3 is 4.57 Å². The molecule has 4 nitrogen and oxygen atoms in total. The fourth-order valence-electron chi connectivity index (χ4n) is 8.12. The Kier molecular flexibility index (Phi) is 5.03. The van der Waals surface area contributed by atoms with E-state index in [0.29, 0.717) is 0 Å². The molecule has 0 saturated carbocycles. The maximum Gasteiger partial charge on any atom is 0.220 e. The van der Waals surface area contributed by atoms with Gasteiger partial charge in [0.2, 0.25) is 5.95 Å². The van der Waals surface area contributed by atoms with Crippen LogP contribution in [0.1, 0.15) is 25.0 Å². The van der Waals surface area contributed by atoms with E-state index in [0.717, 1.165) is 28.4 Å². The molecule has 4 heteroatoms. The predicted molar refractivity (Wildman–Crippen MR) is 189 cm³/mol. The molecule has 0 atom stereocenters. The highest BCUT2D eigenvalue weighted by molar-refractivity contribution is 6.18. The van der Waals surface area contributed by atoms with Crippen molar-refractivity contribution in [1.29, 1.82) is 0 Å². The van der Waals surface area contributed by atoms with Gasteiger partial charge in [-0.1, -0.05) is 105 Å². The summed E-state index contributed by atoms with van der Waals surface area (Å²) in [5.41, 5.74) is 13.1. The molecule has 218 valence electrons. The molecule has 0 fully saturated rings. The van der Waals surface area contributed by atoms with Crippen LogP contribution in [-0.2, 0) is 5.41 Å². The topological polar surface area (TPSA) is 27.2 Å². The third-order valence-electron chi connectivity index (χ3n) is 10.1. The van der Waals surface area contributed by atoms with Crippen molar-refractivity contribution in [2.75, 3.05) is 0 Å². The van der Waals surface area contributed by atoms with Crippen LogP contribution in [0.5, 0.6) is 0 Å². The second-order valence-corrected chi connectivity index (χ2v) is 12.9. The Hall–Kier alpha value is -5.87. The highest BCUT2D eigenvalue weighted by Crippen LogP contribution is 2.52. The van der Waals surface area contributed by atoms with Crippen LogP contribution in [0.3, 0.4) is 0 Å². The molecule has 4 heterocycles. The molecule has 1 aliphatic carbocycles. The first-order valence-electron chi connectivity index (χ1n) is 15.9. The molecule has 10 rings (SSSR count). The van der Waals surface area contributed by atoms with Gasteiger partial charge in [-0.3, -0.25) is 8.97 Å². The van der Waals surface area contributed by atoms with Crippen molar-refractivity contribution < 1.29 is 0 Å². The Balaban J connectivity index is 1.30. The van der Waals surface area contributed by atoms with Crippen molar-refractivity contribution in [3.63, 3.8) is 0 Å². The van der Waals surface area contributed by atoms with E-state index >= 15 is 0 Å². The van der Waals surface area contributed by atoms with E-state index in [4.69, 9.17) is 4.98 Å². The van der Waals surface area contributed by atoms with Gasteiger partial charge in [0, 0.05) is 45.2 Å². The number of hydrogen-bond donors (Lipinski definition) is 0. The van der Waals surface area contributed by atoms with Gasteiger partial charge in [-0.05, 0) is 64.7 Å². The molecular weight excluding hydrogens is 560 g/mol. The third-order valence-corrected chi connectivity index (χ3v) is 10.1. The van der Waals surface area contributed by atoms with E-state index in [9.17, 15) is 0 Å². The van der Waals surface area contributed by atoms with E-state index in [2.05, 4.69) is 173 Å². The van der Waals surface area contributed by atoms with Crippen LogP contribution in [0.2, 0.25) is 0 Å². The molecule has 0 amide bonds. The van der Waals surface area contributed by atoms with Gasteiger partial charge in [0.05, 0.1) is 27.8 Å². The Labute approximate surface area is 266 Å². The predicted octanol–water partition coefficient (Wildman–Crippen LogP) is 10.3. The lowest BCUT2D eigenvalue weighted by molar-refractivity contribution is 0.662. The number of pyridine rings is 1. The average molecular weight is 591 g/mol.